The topological polar surface area (TPSA) is 40.6 Å². The maximum absolute atomic E-state index is 12.7. The Labute approximate surface area is 127 Å². The van der Waals surface area contributed by atoms with Gasteiger partial charge in [0, 0.05) is 32.1 Å². The Bertz CT molecular complexity index is 400. The lowest BCUT2D eigenvalue weighted by atomic mass is 9.91. The third kappa shape index (κ3) is 3.41. The van der Waals surface area contributed by atoms with Gasteiger partial charge in [0.2, 0.25) is 11.8 Å². The highest BCUT2D eigenvalue weighted by Crippen LogP contribution is 2.33. The van der Waals surface area contributed by atoms with E-state index in [1.807, 2.05) is 16.8 Å². The lowest BCUT2D eigenvalue weighted by Gasteiger charge is -2.37. The van der Waals surface area contributed by atoms with Crippen LogP contribution in [0.3, 0.4) is 0 Å². The molecule has 21 heavy (non-hydrogen) atoms. The molecule has 0 bridgehead atoms. The van der Waals surface area contributed by atoms with Crippen LogP contribution in [-0.4, -0.2) is 47.8 Å². The molecule has 1 atom stereocenters. The van der Waals surface area contributed by atoms with Crippen LogP contribution in [0.1, 0.15) is 57.8 Å². The van der Waals surface area contributed by atoms with Crippen molar-refractivity contribution in [2.75, 3.05) is 20.1 Å². The number of carbonyl (C=O) groups excluding carboxylic acids is 2. The summed E-state index contributed by atoms with van der Waals surface area (Å²) in [4.78, 5) is 28.9. The molecular weight excluding hydrogens is 264 g/mol. The van der Waals surface area contributed by atoms with Crippen LogP contribution in [0.4, 0.5) is 0 Å². The molecule has 4 nitrogen and oxygen atoms in total. The van der Waals surface area contributed by atoms with E-state index in [0.29, 0.717) is 18.5 Å². The van der Waals surface area contributed by atoms with Crippen LogP contribution < -0.4 is 0 Å². The predicted octanol–water partition coefficient (Wildman–Crippen LogP) is 2.43. The average Bonchev–Trinajstić information content (AvgIpc) is 3.38. The first kappa shape index (κ1) is 14.9. The molecule has 4 heteroatoms. The van der Waals surface area contributed by atoms with Crippen LogP contribution in [0, 0.1) is 11.8 Å². The lowest BCUT2D eigenvalue weighted by molar-refractivity contribution is -0.142. The van der Waals surface area contributed by atoms with Crippen molar-refractivity contribution in [2.45, 2.75) is 63.8 Å². The zero-order chi connectivity index (χ0) is 14.8. The molecule has 1 saturated heterocycles. The van der Waals surface area contributed by atoms with Crippen LogP contribution in [0.5, 0.6) is 0 Å². The average molecular weight is 292 g/mol. The molecule has 1 aliphatic heterocycles. The number of rotatable bonds is 3. The molecule has 0 spiro atoms. The standard InChI is InChI=1S/C17H28N2O2/c1-18(15-7-3-2-4-8-15)16(20)14-6-5-11-19(12-14)17(21)13-9-10-13/h13-15H,2-12H2,1H3/t14-/m0/s1. The van der Waals surface area contributed by atoms with Crippen LogP contribution in [-0.2, 0) is 9.59 Å². The van der Waals surface area contributed by atoms with E-state index in [-0.39, 0.29) is 17.7 Å². The van der Waals surface area contributed by atoms with Crippen LogP contribution >= 0.6 is 0 Å². The van der Waals surface area contributed by atoms with E-state index in [4.69, 9.17) is 0 Å². The van der Waals surface area contributed by atoms with Crippen molar-refractivity contribution < 1.29 is 9.59 Å². The molecule has 118 valence electrons. The fourth-order valence-corrected chi connectivity index (χ4v) is 3.90. The molecule has 0 unspecified atom stereocenters. The van der Waals surface area contributed by atoms with E-state index in [0.717, 1.165) is 45.1 Å². The van der Waals surface area contributed by atoms with Crippen molar-refractivity contribution in [1.82, 2.24) is 9.80 Å². The molecule has 0 radical (unpaired) electrons. The smallest absolute Gasteiger partial charge is 0.227 e. The monoisotopic (exact) mass is 292 g/mol. The molecular formula is C17H28N2O2. The van der Waals surface area contributed by atoms with Crippen LogP contribution in [0.2, 0.25) is 0 Å². The number of likely N-dealkylation sites (tertiary alicyclic amines) is 1. The highest BCUT2D eigenvalue weighted by molar-refractivity contribution is 5.83. The van der Waals surface area contributed by atoms with Crippen molar-refractivity contribution in [3.05, 3.63) is 0 Å². The van der Waals surface area contributed by atoms with Crippen molar-refractivity contribution in [3.8, 4) is 0 Å². The number of carbonyl (C=O) groups is 2. The van der Waals surface area contributed by atoms with Gasteiger partial charge >= 0.3 is 0 Å². The molecule has 2 saturated carbocycles. The van der Waals surface area contributed by atoms with Gasteiger partial charge in [-0.1, -0.05) is 19.3 Å². The Balaban J connectivity index is 1.56. The summed E-state index contributed by atoms with van der Waals surface area (Å²) in [5.74, 6) is 0.881. The van der Waals surface area contributed by atoms with Gasteiger partial charge in [-0.05, 0) is 38.5 Å². The fourth-order valence-electron chi connectivity index (χ4n) is 3.90. The second-order valence-electron chi connectivity index (χ2n) is 7.14. The number of amides is 2. The molecule has 0 aromatic rings. The highest BCUT2D eigenvalue weighted by atomic mass is 16.2. The maximum atomic E-state index is 12.7. The van der Waals surface area contributed by atoms with Gasteiger partial charge < -0.3 is 9.80 Å². The molecule has 1 heterocycles. The van der Waals surface area contributed by atoms with Gasteiger partial charge in [-0.15, -0.1) is 0 Å². The molecule has 2 amide bonds. The molecule has 3 aliphatic rings. The minimum Gasteiger partial charge on any atom is -0.342 e. The Morgan fingerprint density at radius 1 is 0.905 bits per heavy atom. The maximum Gasteiger partial charge on any atom is 0.227 e. The van der Waals surface area contributed by atoms with E-state index in [1.54, 1.807) is 0 Å². The summed E-state index contributed by atoms with van der Waals surface area (Å²) < 4.78 is 0. The quantitative estimate of drug-likeness (QED) is 0.801. The zero-order valence-electron chi connectivity index (χ0n) is 13.2. The molecule has 3 fully saturated rings. The van der Waals surface area contributed by atoms with Gasteiger partial charge in [0.05, 0.1) is 5.92 Å². The van der Waals surface area contributed by atoms with E-state index >= 15 is 0 Å². The first-order valence-electron chi connectivity index (χ1n) is 8.72. The first-order chi connectivity index (χ1) is 10.2. The zero-order valence-corrected chi connectivity index (χ0v) is 13.2. The summed E-state index contributed by atoms with van der Waals surface area (Å²) in [6.07, 6.45) is 10.1. The van der Waals surface area contributed by atoms with Gasteiger partial charge in [-0.3, -0.25) is 9.59 Å². The summed E-state index contributed by atoms with van der Waals surface area (Å²) in [5, 5.41) is 0. The number of hydrogen-bond donors (Lipinski definition) is 0. The Morgan fingerprint density at radius 3 is 2.29 bits per heavy atom. The van der Waals surface area contributed by atoms with Gasteiger partial charge in [0.25, 0.3) is 0 Å². The fraction of sp³-hybridized carbons (Fsp3) is 0.882. The molecule has 3 rings (SSSR count). The van der Waals surface area contributed by atoms with Crippen molar-refractivity contribution in [1.29, 1.82) is 0 Å². The molecule has 0 aromatic carbocycles. The normalized spacial score (nSPS) is 27.5. The third-order valence-corrected chi connectivity index (χ3v) is 5.48. The second-order valence-corrected chi connectivity index (χ2v) is 7.14. The summed E-state index contributed by atoms with van der Waals surface area (Å²) >= 11 is 0. The SMILES string of the molecule is CN(C(=O)[C@H]1CCCN(C(=O)C2CC2)C1)C1CCCCC1. The first-order valence-corrected chi connectivity index (χ1v) is 8.72. The van der Waals surface area contributed by atoms with Crippen LogP contribution in [0.15, 0.2) is 0 Å². The van der Waals surface area contributed by atoms with Crippen molar-refractivity contribution in [2.24, 2.45) is 11.8 Å². The predicted molar refractivity (Wildman–Crippen MR) is 81.7 cm³/mol. The summed E-state index contributed by atoms with van der Waals surface area (Å²) in [5.41, 5.74) is 0. The van der Waals surface area contributed by atoms with Gasteiger partial charge in [-0.25, -0.2) is 0 Å². The van der Waals surface area contributed by atoms with E-state index < -0.39 is 0 Å². The number of nitrogens with zero attached hydrogens (tertiary/aromatic N) is 2. The number of hydrogen-bond acceptors (Lipinski definition) is 2. The highest BCUT2D eigenvalue weighted by Gasteiger charge is 2.37. The molecule has 0 aromatic heterocycles. The van der Waals surface area contributed by atoms with Gasteiger partial charge in [0.15, 0.2) is 0 Å². The summed E-state index contributed by atoms with van der Waals surface area (Å²) in [6.45, 7) is 1.51. The second kappa shape index (κ2) is 6.37. The molecule has 0 N–H and O–H groups in total. The van der Waals surface area contributed by atoms with Crippen LogP contribution in [0.25, 0.3) is 0 Å². The lowest BCUT2D eigenvalue weighted by Crippen LogP contribution is -2.48. The van der Waals surface area contributed by atoms with Crippen molar-refractivity contribution >= 4 is 11.8 Å². The summed E-state index contributed by atoms with van der Waals surface area (Å²) in [7, 11) is 1.97. The minimum absolute atomic E-state index is 0.0355. The Morgan fingerprint density at radius 2 is 1.62 bits per heavy atom. The Hall–Kier alpha value is -1.06. The largest absolute Gasteiger partial charge is 0.342 e. The minimum atomic E-state index is 0.0355. The van der Waals surface area contributed by atoms with Gasteiger partial charge in [0.1, 0.15) is 0 Å². The third-order valence-electron chi connectivity index (χ3n) is 5.48. The van der Waals surface area contributed by atoms with E-state index in [2.05, 4.69) is 0 Å². The van der Waals surface area contributed by atoms with Gasteiger partial charge in [-0.2, -0.15) is 0 Å². The molecule has 2 aliphatic carbocycles. The van der Waals surface area contributed by atoms with Crippen molar-refractivity contribution in [3.63, 3.8) is 0 Å². The summed E-state index contributed by atoms with van der Waals surface area (Å²) in [6, 6.07) is 0.431. The Kier molecular flexibility index (Phi) is 4.51. The van der Waals surface area contributed by atoms with E-state index in [1.165, 1.54) is 19.3 Å². The number of piperidine rings is 1. The van der Waals surface area contributed by atoms with E-state index in [9.17, 15) is 9.59 Å².